The second kappa shape index (κ2) is 7.57. The molecule has 0 saturated carbocycles. The highest BCUT2D eigenvalue weighted by Crippen LogP contribution is 2.32. The maximum Gasteiger partial charge on any atom is 0.353 e. The van der Waals surface area contributed by atoms with Crippen molar-refractivity contribution in [2.75, 3.05) is 36.5 Å². The number of nitrogens with one attached hydrogen (secondary N) is 2. The number of carbonyl (C=O) groups is 1. The molecule has 11 nitrogen and oxygen atoms in total. The Morgan fingerprint density at radius 2 is 2.16 bits per heavy atom. The third-order valence-electron chi connectivity index (χ3n) is 3.53. The van der Waals surface area contributed by atoms with Crippen molar-refractivity contribution in [1.82, 2.24) is 15.3 Å². The monoisotopic (exact) mass is 348 g/mol. The standard InChI is InChI=1S/C14H16N6O5/c21-14(15-8-10-2-1-5-25-10)18-12-11(20(22)23)13(17-9-16-12)19-3-6-24-7-4-19/h1-2,5,9H,3-4,6-8H2,(H2,15,16,17,18,21). The second-order valence-electron chi connectivity index (χ2n) is 5.14. The van der Waals surface area contributed by atoms with E-state index in [9.17, 15) is 14.9 Å². The van der Waals surface area contributed by atoms with Crippen molar-refractivity contribution in [3.05, 3.63) is 40.6 Å². The predicted octanol–water partition coefficient (Wildman–Crippen LogP) is 1.14. The van der Waals surface area contributed by atoms with Crippen molar-refractivity contribution in [2.45, 2.75) is 6.54 Å². The molecule has 3 rings (SSSR count). The van der Waals surface area contributed by atoms with Gasteiger partial charge in [-0.3, -0.25) is 15.4 Å². The summed E-state index contributed by atoms with van der Waals surface area (Å²) in [6, 6.07) is 2.76. The Hall–Kier alpha value is -3.21. The van der Waals surface area contributed by atoms with Gasteiger partial charge in [-0.1, -0.05) is 0 Å². The molecule has 1 saturated heterocycles. The van der Waals surface area contributed by atoms with Crippen LogP contribution in [0.4, 0.5) is 22.1 Å². The maximum atomic E-state index is 12.0. The number of nitrogens with zero attached hydrogens (tertiary/aromatic N) is 4. The van der Waals surface area contributed by atoms with Crippen LogP contribution in [0.5, 0.6) is 0 Å². The van der Waals surface area contributed by atoms with Gasteiger partial charge < -0.3 is 19.4 Å². The summed E-state index contributed by atoms with van der Waals surface area (Å²) in [7, 11) is 0. The minimum absolute atomic E-state index is 0.147. The van der Waals surface area contributed by atoms with Gasteiger partial charge in [0.15, 0.2) is 0 Å². The van der Waals surface area contributed by atoms with Crippen LogP contribution in [0.15, 0.2) is 29.1 Å². The van der Waals surface area contributed by atoms with E-state index in [1.165, 1.54) is 12.6 Å². The van der Waals surface area contributed by atoms with Gasteiger partial charge in [0.1, 0.15) is 12.1 Å². The number of aromatic nitrogens is 2. The Morgan fingerprint density at radius 1 is 1.36 bits per heavy atom. The molecule has 2 amide bonds. The van der Waals surface area contributed by atoms with Gasteiger partial charge in [-0.25, -0.2) is 14.8 Å². The summed E-state index contributed by atoms with van der Waals surface area (Å²) < 4.78 is 10.3. The lowest BCUT2D eigenvalue weighted by molar-refractivity contribution is -0.383. The second-order valence-corrected chi connectivity index (χ2v) is 5.14. The molecule has 1 fully saturated rings. The first-order chi connectivity index (χ1) is 12.1. The third kappa shape index (κ3) is 4.01. The van der Waals surface area contributed by atoms with E-state index in [0.717, 1.165) is 0 Å². The number of urea groups is 1. The number of carbonyl (C=O) groups excluding carboxylic acids is 1. The van der Waals surface area contributed by atoms with Crippen molar-refractivity contribution in [3.8, 4) is 0 Å². The number of anilines is 2. The zero-order valence-electron chi connectivity index (χ0n) is 13.2. The molecule has 132 valence electrons. The lowest BCUT2D eigenvalue weighted by Crippen LogP contribution is -2.37. The Labute approximate surface area is 142 Å². The molecule has 2 aromatic heterocycles. The summed E-state index contributed by atoms with van der Waals surface area (Å²) in [5, 5.41) is 16.4. The molecular formula is C14H16N6O5. The normalized spacial score (nSPS) is 14.2. The molecule has 0 aromatic carbocycles. The van der Waals surface area contributed by atoms with E-state index >= 15 is 0 Å². The van der Waals surface area contributed by atoms with Crippen LogP contribution in [0.3, 0.4) is 0 Å². The maximum absolute atomic E-state index is 12.0. The molecule has 1 aliphatic rings. The number of furan rings is 1. The smallest absolute Gasteiger partial charge is 0.353 e. The fourth-order valence-corrected chi connectivity index (χ4v) is 2.37. The fourth-order valence-electron chi connectivity index (χ4n) is 2.37. The highest BCUT2D eigenvalue weighted by atomic mass is 16.6. The Bertz CT molecular complexity index is 744. The summed E-state index contributed by atoms with van der Waals surface area (Å²) in [6.07, 6.45) is 2.67. The minimum Gasteiger partial charge on any atom is -0.467 e. The summed E-state index contributed by atoms with van der Waals surface area (Å²) in [4.78, 5) is 32.5. The Balaban J connectivity index is 1.75. The van der Waals surface area contributed by atoms with E-state index in [0.29, 0.717) is 32.1 Å². The number of morpholine rings is 1. The zero-order chi connectivity index (χ0) is 17.6. The molecule has 3 heterocycles. The number of nitro groups is 1. The average molecular weight is 348 g/mol. The van der Waals surface area contributed by atoms with E-state index in [1.54, 1.807) is 17.0 Å². The van der Waals surface area contributed by atoms with Gasteiger partial charge >= 0.3 is 11.7 Å². The quantitative estimate of drug-likeness (QED) is 0.606. The molecule has 0 unspecified atom stereocenters. The molecule has 2 aromatic rings. The molecule has 11 heteroatoms. The van der Waals surface area contributed by atoms with Crippen molar-refractivity contribution >= 4 is 23.4 Å². The van der Waals surface area contributed by atoms with E-state index < -0.39 is 11.0 Å². The summed E-state index contributed by atoms with van der Waals surface area (Å²) in [5.74, 6) is 0.546. The van der Waals surface area contributed by atoms with E-state index in [1.807, 2.05) is 0 Å². The average Bonchev–Trinajstić information content (AvgIpc) is 3.14. The first-order valence-electron chi connectivity index (χ1n) is 7.54. The molecule has 25 heavy (non-hydrogen) atoms. The molecule has 2 N–H and O–H groups in total. The molecule has 1 aliphatic heterocycles. The van der Waals surface area contributed by atoms with Crippen molar-refractivity contribution in [3.63, 3.8) is 0 Å². The van der Waals surface area contributed by atoms with Crippen LogP contribution in [-0.4, -0.2) is 47.2 Å². The third-order valence-corrected chi connectivity index (χ3v) is 3.53. The van der Waals surface area contributed by atoms with Crippen LogP contribution >= 0.6 is 0 Å². The van der Waals surface area contributed by atoms with E-state index in [4.69, 9.17) is 9.15 Å². The lowest BCUT2D eigenvalue weighted by atomic mass is 10.3. The van der Waals surface area contributed by atoms with Gasteiger partial charge in [0, 0.05) is 13.1 Å². The number of rotatable bonds is 5. The lowest BCUT2D eigenvalue weighted by Gasteiger charge is -2.27. The molecule has 0 aliphatic carbocycles. The number of amides is 2. The molecule has 0 bridgehead atoms. The molecule has 0 spiro atoms. The van der Waals surface area contributed by atoms with Gasteiger partial charge in [-0.15, -0.1) is 0 Å². The molecular weight excluding hydrogens is 332 g/mol. The molecule has 0 radical (unpaired) electrons. The number of ether oxygens (including phenoxy) is 1. The van der Waals surface area contributed by atoms with Crippen LogP contribution in [0, 0.1) is 10.1 Å². The SMILES string of the molecule is O=C(NCc1ccco1)Nc1ncnc(N2CCOCC2)c1[N+](=O)[O-]. The first-order valence-corrected chi connectivity index (χ1v) is 7.54. The summed E-state index contributed by atoms with van der Waals surface area (Å²) >= 11 is 0. The Kier molecular flexibility index (Phi) is 5.04. The summed E-state index contributed by atoms with van der Waals surface area (Å²) in [6.45, 7) is 2.00. The zero-order valence-corrected chi connectivity index (χ0v) is 13.2. The van der Waals surface area contributed by atoms with Crippen LogP contribution in [0.2, 0.25) is 0 Å². The van der Waals surface area contributed by atoms with E-state index in [2.05, 4.69) is 20.6 Å². The van der Waals surface area contributed by atoms with Crippen molar-refractivity contribution < 1.29 is 18.9 Å². The van der Waals surface area contributed by atoms with Crippen LogP contribution < -0.4 is 15.5 Å². The minimum atomic E-state index is -0.633. The van der Waals surface area contributed by atoms with Crippen LogP contribution in [-0.2, 0) is 11.3 Å². The van der Waals surface area contributed by atoms with Gasteiger partial charge in [0.05, 0.1) is 30.9 Å². The van der Waals surface area contributed by atoms with Crippen molar-refractivity contribution in [2.24, 2.45) is 0 Å². The predicted molar refractivity (Wildman–Crippen MR) is 86.3 cm³/mol. The van der Waals surface area contributed by atoms with Crippen LogP contribution in [0.25, 0.3) is 0 Å². The van der Waals surface area contributed by atoms with Gasteiger partial charge in [-0.2, -0.15) is 0 Å². The van der Waals surface area contributed by atoms with E-state index in [-0.39, 0.29) is 23.9 Å². The van der Waals surface area contributed by atoms with Crippen molar-refractivity contribution in [1.29, 1.82) is 0 Å². The number of hydrogen-bond donors (Lipinski definition) is 2. The largest absolute Gasteiger partial charge is 0.467 e. The van der Waals surface area contributed by atoms with Gasteiger partial charge in [0.25, 0.3) is 0 Å². The fraction of sp³-hybridized carbons (Fsp3) is 0.357. The topological polar surface area (TPSA) is 136 Å². The van der Waals surface area contributed by atoms with Gasteiger partial charge in [-0.05, 0) is 12.1 Å². The highest BCUT2D eigenvalue weighted by molar-refractivity contribution is 5.91. The highest BCUT2D eigenvalue weighted by Gasteiger charge is 2.28. The summed E-state index contributed by atoms with van der Waals surface area (Å²) in [5.41, 5.74) is -0.349. The number of hydrogen-bond acceptors (Lipinski definition) is 8. The molecule has 0 atom stereocenters. The first kappa shape index (κ1) is 16.6. The van der Waals surface area contributed by atoms with Crippen LogP contribution in [0.1, 0.15) is 5.76 Å². The van der Waals surface area contributed by atoms with Gasteiger partial charge in [0.2, 0.25) is 11.6 Å². The Morgan fingerprint density at radius 3 is 2.84 bits per heavy atom.